The number of benzene rings is 2. The van der Waals surface area contributed by atoms with Crippen LogP contribution in [0.2, 0.25) is 0 Å². The Morgan fingerprint density at radius 3 is 2.00 bits per heavy atom. The zero-order valence-electron chi connectivity index (χ0n) is 15.4. The zero-order valence-corrected chi connectivity index (χ0v) is 15.4. The molecule has 2 atom stereocenters. The van der Waals surface area contributed by atoms with Crippen LogP contribution in [0.3, 0.4) is 0 Å². The highest BCUT2D eigenvalue weighted by molar-refractivity contribution is 5.53. The Morgan fingerprint density at radius 2 is 1.38 bits per heavy atom. The first-order valence-electron chi connectivity index (χ1n) is 9.38. The Morgan fingerprint density at radius 1 is 0.750 bits per heavy atom. The summed E-state index contributed by atoms with van der Waals surface area (Å²) in [5.41, 5.74) is 5.90. The van der Waals surface area contributed by atoms with Gasteiger partial charge in [0.25, 0.3) is 0 Å². The van der Waals surface area contributed by atoms with Gasteiger partial charge in [-0.1, -0.05) is 68.8 Å². The maximum absolute atomic E-state index is 2.46. The molecule has 0 saturated heterocycles. The molecule has 24 heavy (non-hydrogen) atoms. The summed E-state index contributed by atoms with van der Waals surface area (Å²) >= 11 is 0. The van der Waals surface area contributed by atoms with E-state index in [1.807, 2.05) is 0 Å². The molecule has 2 fully saturated rings. The van der Waals surface area contributed by atoms with Crippen molar-refractivity contribution in [3.8, 4) is 0 Å². The summed E-state index contributed by atoms with van der Waals surface area (Å²) in [4.78, 5) is 0. The first-order valence-corrected chi connectivity index (χ1v) is 9.38. The number of aryl methyl sites for hydroxylation is 2. The number of fused-ring (bicyclic) bond motifs is 1. The van der Waals surface area contributed by atoms with Gasteiger partial charge in [-0.15, -0.1) is 0 Å². The molecule has 0 N–H and O–H groups in total. The highest BCUT2D eigenvalue weighted by Gasteiger charge is 2.57. The molecule has 2 saturated carbocycles. The summed E-state index contributed by atoms with van der Waals surface area (Å²) in [5.74, 6) is 4.84. The second kappa shape index (κ2) is 5.76. The van der Waals surface area contributed by atoms with E-state index in [2.05, 4.69) is 76.2 Å². The SMILES string of the molecule is Cc1ccc([C]2C3CCCC3[C](c3ccccc3)C2(C)C)cc1C. The van der Waals surface area contributed by atoms with Gasteiger partial charge in [0.15, 0.2) is 0 Å². The van der Waals surface area contributed by atoms with Crippen LogP contribution in [0.15, 0.2) is 48.5 Å². The molecule has 0 spiro atoms. The highest BCUT2D eigenvalue weighted by atomic mass is 14.6. The van der Waals surface area contributed by atoms with Crippen LogP contribution >= 0.6 is 0 Å². The molecule has 2 radical (unpaired) electrons. The quantitative estimate of drug-likeness (QED) is 0.609. The zero-order chi connectivity index (χ0) is 16.9. The molecule has 0 amide bonds. The van der Waals surface area contributed by atoms with Gasteiger partial charge in [0.1, 0.15) is 0 Å². The standard InChI is InChI=1S/C24H28/c1-16-13-14-19(15-17(16)2)23-21-12-8-11-20(21)22(24(23,3)4)18-9-6-5-7-10-18/h5-7,9-10,13-15,20-21H,8,11-12H2,1-4H3. The molecule has 2 unspecified atom stereocenters. The van der Waals surface area contributed by atoms with Crippen molar-refractivity contribution in [1.82, 2.24) is 0 Å². The predicted octanol–water partition coefficient (Wildman–Crippen LogP) is 6.30. The first kappa shape index (κ1) is 15.9. The lowest BCUT2D eigenvalue weighted by Crippen LogP contribution is -2.26. The summed E-state index contributed by atoms with van der Waals surface area (Å²) in [5, 5.41) is 0. The molecule has 0 aliphatic heterocycles. The smallest absolute Gasteiger partial charge is 0.0149 e. The fourth-order valence-electron chi connectivity index (χ4n) is 5.40. The van der Waals surface area contributed by atoms with Crippen LogP contribution in [0.4, 0.5) is 0 Å². The van der Waals surface area contributed by atoms with Gasteiger partial charge in [-0.05, 0) is 66.2 Å². The van der Waals surface area contributed by atoms with Crippen LogP contribution in [0.25, 0.3) is 0 Å². The lowest BCUT2D eigenvalue weighted by molar-refractivity contribution is 0.436. The summed E-state index contributed by atoms with van der Waals surface area (Å²) in [6, 6.07) is 18.2. The molecule has 0 nitrogen and oxygen atoms in total. The molecule has 0 heteroatoms. The van der Waals surface area contributed by atoms with Crippen LogP contribution in [-0.4, -0.2) is 0 Å². The Labute approximate surface area is 147 Å². The second-order valence-corrected chi connectivity index (χ2v) is 8.26. The van der Waals surface area contributed by atoms with Crippen LogP contribution in [0, 0.1) is 42.9 Å². The molecule has 2 aromatic rings. The Balaban J connectivity index is 1.81. The van der Waals surface area contributed by atoms with Crippen molar-refractivity contribution >= 4 is 0 Å². The van der Waals surface area contributed by atoms with E-state index >= 15 is 0 Å². The molecule has 0 aromatic heterocycles. The minimum Gasteiger partial charge on any atom is -0.0622 e. The fraction of sp³-hybridized carbons (Fsp3) is 0.417. The normalized spacial score (nSPS) is 26.7. The van der Waals surface area contributed by atoms with E-state index in [0.29, 0.717) is 0 Å². The average Bonchev–Trinajstić information content (AvgIpc) is 3.08. The minimum absolute atomic E-state index is 0.152. The van der Waals surface area contributed by atoms with Crippen LogP contribution in [-0.2, 0) is 0 Å². The topological polar surface area (TPSA) is 0 Å². The minimum atomic E-state index is 0.152. The Bertz CT molecular complexity index is 725. The van der Waals surface area contributed by atoms with Crippen molar-refractivity contribution in [2.24, 2.45) is 17.3 Å². The lowest BCUT2D eigenvalue weighted by Gasteiger charge is -2.35. The number of rotatable bonds is 2. The third kappa shape index (κ3) is 2.34. The second-order valence-electron chi connectivity index (χ2n) is 8.26. The van der Waals surface area contributed by atoms with Crippen molar-refractivity contribution in [3.63, 3.8) is 0 Å². The molecule has 124 valence electrons. The molecular weight excluding hydrogens is 288 g/mol. The van der Waals surface area contributed by atoms with E-state index < -0.39 is 0 Å². The van der Waals surface area contributed by atoms with Gasteiger partial charge in [-0.2, -0.15) is 0 Å². The number of hydrogen-bond acceptors (Lipinski definition) is 0. The molecule has 0 heterocycles. The predicted molar refractivity (Wildman–Crippen MR) is 102 cm³/mol. The third-order valence-corrected chi connectivity index (χ3v) is 6.51. The van der Waals surface area contributed by atoms with E-state index in [1.165, 1.54) is 41.5 Å². The van der Waals surface area contributed by atoms with Crippen molar-refractivity contribution in [2.75, 3.05) is 0 Å². The van der Waals surface area contributed by atoms with Crippen molar-refractivity contribution in [1.29, 1.82) is 0 Å². The van der Waals surface area contributed by atoms with Crippen LogP contribution < -0.4 is 0 Å². The van der Waals surface area contributed by atoms with E-state index in [1.54, 1.807) is 11.8 Å². The van der Waals surface area contributed by atoms with E-state index in [0.717, 1.165) is 11.8 Å². The molecule has 2 aliphatic carbocycles. The van der Waals surface area contributed by atoms with Crippen LogP contribution in [0.5, 0.6) is 0 Å². The highest BCUT2D eigenvalue weighted by Crippen LogP contribution is 2.66. The van der Waals surface area contributed by atoms with E-state index in [-0.39, 0.29) is 5.41 Å². The van der Waals surface area contributed by atoms with Gasteiger partial charge in [0.05, 0.1) is 0 Å². The molecular formula is C24H28. The maximum Gasteiger partial charge on any atom is 0.0149 e. The summed E-state index contributed by atoms with van der Waals surface area (Å²) in [7, 11) is 0. The molecule has 2 aliphatic rings. The third-order valence-electron chi connectivity index (χ3n) is 6.51. The maximum atomic E-state index is 2.46. The van der Waals surface area contributed by atoms with Gasteiger partial charge < -0.3 is 0 Å². The van der Waals surface area contributed by atoms with Gasteiger partial charge in [-0.25, -0.2) is 0 Å². The summed E-state index contributed by atoms with van der Waals surface area (Å²) in [6.45, 7) is 9.37. The summed E-state index contributed by atoms with van der Waals surface area (Å²) < 4.78 is 0. The van der Waals surface area contributed by atoms with Gasteiger partial charge in [0.2, 0.25) is 0 Å². The van der Waals surface area contributed by atoms with Crippen molar-refractivity contribution in [3.05, 3.63) is 82.6 Å². The van der Waals surface area contributed by atoms with E-state index in [9.17, 15) is 0 Å². The molecule has 0 bridgehead atoms. The van der Waals surface area contributed by atoms with Gasteiger partial charge in [0, 0.05) is 11.8 Å². The first-order chi connectivity index (χ1) is 11.5. The number of hydrogen-bond donors (Lipinski definition) is 0. The van der Waals surface area contributed by atoms with E-state index in [4.69, 9.17) is 0 Å². The fourth-order valence-corrected chi connectivity index (χ4v) is 5.40. The Kier molecular flexibility index (Phi) is 3.82. The average molecular weight is 316 g/mol. The van der Waals surface area contributed by atoms with Crippen molar-refractivity contribution < 1.29 is 0 Å². The molecule has 4 rings (SSSR count). The summed E-state index contributed by atoms with van der Waals surface area (Å²) in [6.07, 6.45) is 4.08. The Hall–Kier alpha value is -1.56. The van der Waals surface area contributed by atoms with Gasteiger partial charge in [-0.3, -0.25) is 0 Å². The van der Waals surface area contributed by atoms with Crippen molar-refractivity contribution in [2.45, 2.75) is 47.0 Å². The lowest BCUT2D eigenvalue weighted by atomic mass is 9.68. The van der Waals surface area contributed by atoms with Gasteiger partial charge >= 0.3 is 0 Å². The largest absolute Gasteiger partial charge is 0.0622 e. The monoisotopic (exact) mass is 316 g/mol. The van der Waals surface area contributed by atoms with Crippen LogP contribution in [0.1, 0.15) is 55.4 Å². The molecule has 2 aromatic carbocycles.